The zero-order chi connectivity index (χ0) is 15.0. The molecule has 1 aromatic carbocycles. The summed E-state index contributed by atoms with van der Waals surface area (Å²) in [4.78, 5) is 19.3. The number of aromatic nitrogens is 2. The third-order valence-corrected chi connectivity index (χ3v) is 3.43. The number of nitro groups is 1. The largest absolute Gasteiger partial charge is 0.492 e. The molecule has 0 aliphatic carbocycles. The molecule has 0 unspecified atom stereocenters. The summed E-state index contributed by atoms with van der Waals surface area (Å²) in [5.41, 5.74) is 2.21. The molecule has 1 N–H and O–H groups in total. The predicted molar refractivity (Wildman–Crippen MR) is 77.6 cm³/mol. The first kappa shape index (κ1) is 13.3. The van der Waals surface area contributed by atoms with Crippen molar-refractivity contribution in [2.45, 2.75) is 13.3 Å². The number of nitrogens with zero attached hydrogens (tertiary/aromatic N) is 3. The van der Waals surface area contributed by atoms with Gasteiger partial charge in [0.25, 0.3) is 0 Å². The molecule has 0 bridgehead atoms. The van der Waals surface area contributed by atoms with Gasteiger partial charge < -0.3 is 10.1 Å². The molecule has 0 fully saturated rings. The molecular weight excluding hydrogens is 272 g/mol. The standard InChI is InChI=1S/C14H14N4O3/c1-8-12(18(19)20)11(17-14(15-2)16-8)10-5-3-4-9-6-7-21-13(9)10/h3-5H,6-7H2,1-2H3,(H,15,16,17). The highest BCUT2D eigenvalue weighted by Gasteiger charge is 2.27. The third kappa shape index (κ3) is 2.16. The van der Waals surface area contributed by atoms with Gasteiger partial charge in [-0.3, -0.25) is 10.1 Å². The lowest BCUT2D eigenvalue weighted by molar-refractivity contribution is -0.385. The monoisotopic (exact) mass is 286 g/mol. The molecule has 0 saturated heterocycles. The lowest BCUT2D eigenvalue weighted by atomic mass is 10.0. The highest BCUT2D eigenvalue weighted by atomic mass is 16.6. The molecule has 0 spiro atoms. The molecule has 21 heavy (non-hydrogen) atoms. The van der Waals surface area contributed by atoms with Gasteiger partial charge in [-0.05, 0) is 18.6 Å². The second-order valence-electron chi connectivity index (χ2n) is 4.73. The molecule has 0 atom stereocenters. The maximum absolute atomic E-state index is 11.4. The van der Waals surface area contributed by atoms with Crippen molar-refractivity contribution in [1.82, 2.24) is 9.97 Å². The summed E-state index contributed by atoms with van der Waals surface area (Å²) in [7, 11) is 1.68. The van der Waals surface area contributed by atoms with Crippen molar-refractivity contribution in [1.29, 1.82) is 0 Å². The van der Waals surface area contributed by atoms with E-state index in [1.807, 2.05) is 12.1 Å². The Kier molecular flexibility index (Phi) is 3.17. The first-order valence-electron chi connectivity index (χ1n) is 6.57. The topological polar surface area (TPSA) is 90.2 Å². The van der Waals surface area contributed by atoms with Crippen molar-refractivity contribution < 1.29 is 9.66 Å². The van der Waals surface area contributed by atoms with Crippen LogP contribution in [0.3, 0.4) is 0 Å². The van der Waals surface area contributed by atoms with Gasteiger partial charge in [0.05, 0.1) is 11.5 Å². The van der Waals surface area contributed by atoms with Crippen molar-refractivity contribution in [2.75, 3.05) is 19.0 Å². The zero-order valence-corrected chi connectivity index (χ0v) is 11.7. The molecule has 7 heteroatoms. The second kappa shape index (κ2) is 5.01. The van der Waals surface area contributed by atoms with E-state index in [1.54, 1.807) is 20.0 Å². The summed E-state index contributed by atoms with van der Waals surface area (Å²) >= 11 is 0. The van der Waals surface area contributed by atoms with Gasteiger partial charge in [0.1, 0.15) is 11.4 Å². The lowest BCUT2D eigenvalue weighted by Gasteiger charge is -2.10. The Morgan fingerprint density at radius 3 is 2.90 bits per heavy atom. The Balaban J connectivity index is 2.29. The molecule has 0 radical (unpaired) electrons. The van der Waals surface area contributed by atoms with E-state index in [0.717, 1.165) is 12.0 Å². The summed E-state index contributed by atoms with van der Waals surface area (Å²) in [5.74, 6) is 1.03. The number of fused-ring (bicyclic) bond motifs is 1. The molecule has 108 valence electrons. The van der Waals surface area contributed by atoms with Gasteiger partial charge in [-0.25, -0.2) is 9.97 Å². The maximum atomic E-state index is 11.4. The van der Waals surface area contributed by atoms with E-state index < -0.39 is 4.92 Å². The number of para-hydroxylation sites is 1. The number of rotatable bonds is 3. The highest BCUT2D eigenvalue weighted by molar-refractivity contribution is 5.78. The van der Waals surface area contributed by atoms with Crippen molar-refractivity contribution in [3.8, 4) is 17.0 Å². The van der Waals surface area contributed by atoms with E-state index in [9.17, 15) is 10.1 Å². The van der Waals surface area contributed by atoms with Gasteiger partial charge in [0, 0.05) is 19.0 Å². The maximum Gasteiger partial charge on any atom is 0.316 e. The Hall–Kier alpha value is -2.70. The molecule has 3 rings (SSSR count). The Morgan fingerprint density at radius 2 is 2.19 bits per heavy atom. The van der Waals surface area contributed by atoms with Gasteiger partial charge in [-0.15, -0.1) is 0 Å². The minimum Gasteiger partial charge on any atom is -0.492 e. The number of hydrogen-bond acceptors (Lipinski definition) is 6. The third-order valence-electron chi connectivity index (χ3n) is 3.43. The molecule has 2 heterocycles. The van der Waals surface area contributed by atoms with Crippen LogP contribution in [0, 0.1) is 17.0 Å². The average Bonchev–Trinajstić information content (AvgIpc) is 2.94. The lowest BCUT2D eigenvalue weighted by Crippen LogP contribution is -2.05. The van der Waals surface area contributed by atoms with E-state index in [2.05, 4.69) is 15.3 Å². The Morgan fingerprint density at radius 1 is 1.38 bits per heavy atom. The average molecular weight is 286 g/mol. The number of aryl methyl sites for hydroxylation is 1. The molecule has 2 aromatic rings. The van der Waals surface area contributed by atoms with Gasteiger partial charge in [0.15, 0.2) is 5.69 Å². The van der Waals surface area contributed by atoms with Crippen LogP contribution in [0.4, 0.5) is 11.6 Å². The molecule has 0 amide bonds. The van der Waals surface area contributed by atoms with Gasteiger partial charge in [-0.2, -0.15) is 0 Å². The Bertz CT molecular complexity index is 730. The van der Waals surface area contributed by atoms with E-state index in [0.29, 0.717) is 29.6 Å². The molecule has 1 aliphatic heterocycles. The minimum absolute atomic E-state index is 0.0853. The molecule has 0 saturated carbocycles. The SMILES string of the molecule is CNc1nc(C)c([N+](=O)[O-])c(-c2cccc3c2OCC3)n1. The number of anilines is 1. The van der Waals surface area contributed by atoms with Crippen LogP contribution in [-0.2, 0) is 6.42 Å². The van der Waals surface area contributed by atoms with E-state index in [1.165, 1.54) is 0 Å². The number of benzene rings is 1. The summed E-state index contributed by atoms with van der Waals surface area (Å²) in [5, 5.41) is 14.2. The first-order valence-corrected chi connectivity index (χ1v) is 6.57. The molecule has 1 aromatic heterocycles. The molecular formula is C14H14N4O3. The van der Waals surface area contributed by atoms with Crippen molar-refractivity contribution in [2.24, 2.45) is 0 Å². The van der Waals surface area contributed by atoms with Crippen LogP contribution in [0.2, 0.25) is 0 Å². The fourth-order valence-corrected chi connectivity index (χ4v) is 2.49. The smallest absolute Gasteiger partial charge is 0.316 e. The summed E-state index contributed by atoms with van der Waals surface area (Å²) in [6, 6.07) is 5.62. The van der Waals surface area contributed by atoms with E-state index in [4.69, 9.17) is 4.74 Å². The second-order valence-corrected chi connectivity index (χ2v) is 4.73. The van der Waals surface area contributed by atoms with Crippen molar-refractivity contribution in [3.63, 3.8) is 0 Å². The number of nitrogens with one attached hydrogen (secondary N) is 1. The first-order chi connectivity index (χ1) is 10.1. The fraction of sp³-hybridized carbons (Fsp3) is 0.286. The normalized spacial score (nSPS) is 12.7. The Labute approximate surface area is 121 Å². The van der Waals surface area contributed by atoms with Crippen LogP contribution < -0.4 is 10.1 Å². The van der Waals surface area contributed by atoms with Crippen LogP contribution in [0.25, 0.3) is 11.3 Å². The van der Waals surface area contributed by atoms with Crippen LogP contribution in [-0.4, -0.2) is 28.5 Å². The van der Waals surface area contributed by atoms with Gasteiger partial charge >= 0.3 is 5.69 Å². The molecule has 7 nitrogen and oxygen atoms in total. The van der Waals surface area contributed by atoms with Gasteiger partial charge in [-0.1, -0.05) is 12.1 Å². The fourth-order valence-electron chi connectivity index (χ4n) is 2.49. The van der Waals surface area contributed by atoms with Crippen LogP contribution in [0.1, 0.15) is 11.3 Å². The summed E-state index contributed by atoms with van der Waals surface area (Å²) in [6.07, 6.45) is 0.805. The quantitative estimate of drug-likeness (QED) is 0.688. The summed E-state index contributed by atoms with van der Waals surface area (Å²) in [6.45, 7) is 2.19. The van der Waals surface area contributed by atoms with Crippen LogP contribution in [0.15, 0.2) is 18.2 Å². The van der Waals surface area contributed by atoms with Crippen molar-refractivity contribution in [3.05, 3.63) is 39.6 Å². The van der Waals surface area contributed by atoms with E-state index >= 15 is 0 Å². The van der Waals surface area contributed by atoms with Crippen LogP contribution in [0.5, 0.6) is 5.75 Å². The number of hydrogen-bond donors (Lipinski definition) is 1. The van der Waals surface area contributed by atoms with Crippen molar-refractivity contribution >= 4 is 11.6 Å². The number of ether oxygens (including phenoxy) is 1. The van der Waals surface area contributed by atoms with Crippen LogP contribution >= 0.6 is 0 Å². The zero-order valence-electron chi connectivity index (χ0n) is 11.7. The van der Waals surface area contributed by atoms with E-state index in [-0.39, 0.29) is 11.4 Å². The predicted octanol–water partition coefficient (Wildman–Crippen LogP) is 2.34. The summed E-state index contributed by atoms with van der Waals surface area (Å²) < 4.78 is 5.63. The highest BCUT2D eigenvalue weighted by Crippen LogP contribution is 2.40. The molecule has 1 aliphatic rings. The minimum atomic E-state index is -0.446. The van der Waals surface area contributed by atoms with Gasteiger partial charge in [0.2, 0.25) is 5.95 Å².